The highest BCUT2D eigenvalue weighted by atomic mass is 16.6. The number of cyclic esters (lactones) is 1. The Bertz CT molecular complexity index is 639. The van der Waals surface area contributed by atoms with Gasteiger partial charge in [-0.15, -0.1) is 0 Å². The van der Waals surface area contributed by atoms with E-state index in [0.29, 0.717) is 19.7 Å². The van der Waals surface area contributed by atoms with Gasteiger partial charge in [-0.3, -0.25) is 9.69 Å². The summed E-state index contributed by atoms with van der Waals surface area (Å²) in [5.74, 6) is 0.496. The summed E-state index contributed by atoms with van der Waals surface area (Å²) in [6, 6.07) is 6.13. The molecule has 0 spiro atoms. The lowest BCUT2D eigenvalue weighted by molar-refractivity contribution is -0.133. The molecule has 5 nitrogen and oxygen atoms in total. The third-order valence-electron chi connectivity index (χ3n) is 4.79. The van der Waals surface area contributed by atoms with E-state index in [1.807, 2.05) is 30.0 Å². The maximum absolute atomic E-state index is 12.5. The molecule has 1 aliphatic carbocycles. The van der Waals surface area contributed by atoms with Gasteiger partial charge in [0.1, 0.15) is 6.61 Å². The number of hydrogen-bond donors (Lipinski definition) is 0. The minimum atomic E-state index is -0.265. The van der Waals surface area contributed by atoms with Crippen LogP contribution in [0.3, 0.4) is 0 Å². The fourth-order valence-electron chi connectivity index (χ4n) is 3.37. The maximum Gasteiger partial charge on any atom is 0.414 e. The van der Waals surface area contributed by atoms with Crippen molar-refractivity contribution in [2.75, 3.05) is 18.1 Å². The monoisotopic (exact) mass is 300 g/mol. The van der Waals surface area contributed by atoms with Crippen LogP contribution >= 0.6 is 0 Å². The molecule has 2 fully saturated rings. The lowest BCUT2D eigenvalue weighted by Gasteiger charge is -2.32. The molecular formula is C17H20N2O3. The van der Waals surface area contributed by atoms with Gasteiger partial charge in [0.25, 0.3) is 0 Å². The van der Waals surface area contributed by atoms with Crippen molar-refractivity contribution in [2.24, 2.45) is 5.92 Å². The van der Waals surface area contributed by atoms with E-state index in [1.54, 1.807) is 4.90 Å². The molecule has 116 valence electrons. The first-order valence-electron chi connectivity index (χ1n) is 7.98. The summed E-state index contributed by atoms with van der Waals surface area (Å²) in [7, 11) is 0. The van der Waals surface area contributed by atoms with Gasteiger partial charge in [-0.05, 0) is 43.4 Å². The predicted octanol–water partition coefficient (Wildman–Crippen LogP) is 2.46. The van der Waals surface area contributed by atoms with Gasteiger partial charge < -0.3 is 9.64 Å². The zero-order valence-corrected chi connectivity index (χ0v) is 12.7. The van der Waals surface area contributed by atoms with Gasteiger partial charge in [-0.1, -0.05) is 12.1 Å². The average Bonchev–Trinajstić information content (AvgIpc) is 3.26. The third kappa shape index (κ3) is 2.25. The number of carbonyl (C=O) groups excluding carboxylic acids is 2. The quantitative estimate of drug-likeness (QED) is 0.800. The van der Waals surface area contributed by atoms with E-state index in [2.05, 4.69) is 0 Å². The molecule has 2 amide bonds. The van der Waals surface area contributed by atoms with Gasteiger partial charge in [0, 0.05) is 19.0 Å². The number of amides is 2. The molecule has 1 saturated heterocycles. The van der Waals surface area contributed by atoms with Gasteiger partial charge in [0.2, 0.25) is 5.91 Å². The van der Waals surface area contributed by atoms with Crippen molar-refractivity contribution in [1.29, 1.82) is 0 Å². The van der Waals surface area contributed by atoms with Gasteiger partial charge in [0.05, 0.1) is 11.7 Å². The van der Waals surface area contributed by atoms with Crippen molar-refractivity contribution in [1.82, 2.24) is 4.90 Å². The second kappa shape index (κ2) is 5.00. The van der Waals surface area contributed by atoms with Gasteiger partial charge in [0.15, 0.2) is 0 Å². The molecule has 1 saturated carbocycles. The molecule has 3 aliphatic rings. The number of carbonyl (C=O) groups is 2. The molecule has 0 N–H and O–H groups in total. The third-order valence-corrected chi connectivity index (χ3v) is 4.79. The number of nitrogens with zero attached hydrogens (tertiary/aromatic N) is 2. The lowest BCUT2D eigenvalue weighted by atomic mass is 10.0. The van der Waals surface area contributed by atoms with Crippen LogP contribution in [0.4, 0.5) is 10.5 Å². The van der Waals surface area contributed by atoms with E-state index < -0.39 is 0 Å². The average molecular weight is 300 g/mol. The summed E-state index contributed by atoms with van der Waals surface area (Å²) in [6.45, 7) is 3.71. The molecule has 0 unspecified atom stereocenters. The molecule has 5 heteroatoms. The second-order valence-corrected chi connectivity index (χ2v) is 6.56. The van der Waals surface area contributed by atoms with Crippen molar-refractivity contribution in [2.45, 2.75) is 38.8 Å². The highest BCUT2D eigenvalue weighted by Crippen LogP contribution is 2.35. The smallest absolute Gasteiger partial charge is 0.414 e. The molecule has 0 radical (unpaired) electrons. The minimum absolute atomic E-state index is 0.0304. The van der Waals surface area contributed by atoms with Crippen LogP contribution < -0.4 is 4.90 Å². The SMILES string of the molecule is Cc1ccc2c(c1)N1C(=O)OC[C@@H]1CCN(C(=O)C1CC1)C2. The molecular weight excluding hydrogens is 280 g/mol. The Morgan fingerprint density at radius 2 is 2.09 bits per heavy atom. The number of anilines is 1. The van der Waals surface area contributed by atoms with Crippen molar-refractivity contribution in [3.05, 3.63) is 29.3 Å². The summed E-state index contributed by atoms with van der Waals surface area (Å²) < 4.78 is 5.25. The highest BCUT2D eigenvalue weighted by molar-refractivity contribution is 5.91. The van der Waals surface area contributed by atoms with Crippen LogP contribution in [0.15, 0.2) is 18.2 Å². The number of benzene rings is 1. The molecule has 2 heterocycles. The van der Waals surface area contributed by atoms with Crippen molar-refractivity contribution in [3.63, 3.8) is 0 Å². The summed E-state index contributed by atoms with van der Waals surface area (Å²) in [5, 5.41) is 0. The van der Waals surface area contributed by atoms with Crippen LogP contribution in [-0.4, -0.2) is 36.1 Å². The lowest BCUT2D eigenvalue weighted by Crippen LogP contribution is -2.42. The summed E-state index contributed by atoms with van der Waals surface area (Å²) >= 11 is 0. The standard InChI is InChI=1S/C17H20N2O3/c1-11-2-3-13-9-18(16(20)12-4-5-12)7-6-14-10-22-17(21)19(14)15(13)8-11/h2-3,8,12,14H,4-7,9-10H2,1H3/t14-/m0/s1. The first-order chi connectivity index (χ1) is 10.6. The molecule has 0 bridgehead atoms. The number of hydrogen-bond acceptors (Lipinski definition) is 3. The largest absolute Gasteiger partial charge is 0.447 e. The second-order valence-electron chi connectivity index (χ2n) is 6.56. The predicted molar refractivity (Wildman–Crippen MR) is 81.6 cm³/mol. The van der Waals surface area contributed by atoms with Gasteiger partial charge in [-0.25, -0.2) is 4.79 Å². The van der Waals surface area contributed by atoms with Crippen LogP contribution in [0, 0.1) is 12.8 Å². The highest BCUT2D eigenvalue weighted by Gasteiger charge is 2.39. The summed E-state index contributed by atoms with van der Waals surface area (Å²) in [5.41, 5.74) is 3.04. The van der Waals surface area contributed by atoms with Crippen molar-refractivity contribution >= 4 is 17.7 Å². The maximum atomic E-state index is 12.5. The Balaban J connectivity index is 1.73. The Kier molecular flexibility index (Phi) is 3.10. The molecule has 0 aromatic heterocycles. The summed E-state index contributed by atoms with van der Waals surface area (Å²) in [4.78, 5) is 28.3. The molecule has 2 aliphatic heterocycles. The fraction of sp³-hybridized carbons (Fsp3) is 0.529. The first-order valence-corrected chi connectivity index (χ1v) is 7.98. The van der Waals surface area contributed by atoms with Crippen LogP contribution in [-0.2, 0) is 16.1 Å². The van der Waals surface area contributed by atoms with E-state index in [-0.39, 0.29) is 24.0 Å². The van der Waals surface area contributed by atoms with Crippen LogP contribution in [0.5, 0.6) is 0 Å². The number of fused-ring (bicyclic) bond motifs is 3. The van der Waals surface area contributed by atoms with Crippen molar-refractivity contribution < 1.29 is 14.3 Å². The van der Waals surface area contributed by atoms with E-state index in [9.17, 15) is 9.59 Å². The molecule has 1 aromatic carbocycles. The topological polar surface area (TPSA) is 49.9 Å². The van der Waals surface area contributed by atoms with Gasteiger partial charge in [-0.2, -0.15) is 0 Å². The Morgan fingerprint density at radius 1 is 1.27 bits per heavy atom. The number of ether oxygens (including phenoxy) is 1. The normalized spacial score (nSPS) is 24.2. The number of rotatable bonds is 1. The van der Waals surface area contributed by atoms with E-state index >= 15 is 0 Å². The first kappa shape index (κ1) is 13.6. The molecule has 4 rings (SSSR count). The van der Waals surface area contributed by atoms with Gasteiger partial charge >= 0.3 is 6.09 Å². The van der Waals surface area contributed by atoms with Crippen molar-refractivity contribution in [3.8, 4) is 0 Å². The van der Waals surface area contributed by atoms with Crippen LogP contribution in [0.25, 0.3) is 0 Å². The zero-order valence-electron chi connectivity index (χ0n) is 12.7. The van der Waals surface area contributed by atoms with E-state index in [4.69, 9.17) is 4.74 Å². The summed E-state index contributed by atoms with van der Waals surface area (Å²) in [6.07, 6.45) is 2.55. The molecule has 1 atom stereocenters. The Morgan fingerprint density at radius 3 is 2.86 bits per heavy atom. The van der Waals surface area contributed by atoms with Crippen LogP contribution in [0.1, 0.15) is 30.4 Å². The zero-order chi connectivity index (χ0) is 15.3. The van der Waals surface area contributed by atoms with E-state index in [1.165, 1.54) is 0 Å². The Hall–Kier alpha value is -2.04. The molecule has 22 heavy (non-hydrogen) atoms. The minimum Gasteiger partial charge on any atom is -0.447 e. The fourth-order valence-corrected chi connectivity index (χ4v) is 3.37. The number of aryl methyl sites for hydroxylation is 1. The van der Waals surface area contributed by atoms with E-state index in [0.717, 1.165) is 36.1 Å². The molecule has 1 aromatic rings. The Labute approximate surface area is 129 Å². The van der Waals surface area contributed by atoms with Crippen LogP contribution in [0.2, 0.25) is 0 Å².